The van der Waals surface area contributed by atoms with Crippen LogP contribution in [0, 0.1) is 29.1 Å². The van der Waals surface area contributed by atoms with Crippen LogP contribution in [-0.4, -0.2) is 15.2 Å². The van der Waals surface area contributed by atoms with Crippen LogP contribution >= 0.6 is 0 Å². The highest BCUT2D eigenvalue weighted by Gasteiger charge is 2.14. The molecule has 0 atom stereocenters. The summed E-state index contributed by atoms with van der Waals surface area (Å²) in [6, 6.07) is 4.53. The number of nitrogens with one attached hydrogen (secondary N) is 2. The van der Waals surface area contributed by atoms with Crippen LogP contribution in [0.25, 0.3) is 0 Å². The number of benzene rings is 2. The van der Waals surface area contributed by atoms with Gasteiger partial charge in [0.15, 0.2) is 23.3 Å². The molecule has 128 valence electrons. The van der Waals surface area contributed by atoms with Gasteiger partial charge in [-0.25, -0.2) is 22.0 Å². The van der Waals surface area contributed by atoms with Crippen LogP contribution in [0.4, 0.5) is 45.1 Å². The van der Waals surface area contributed by atoms with Gasteiger partial charge in [0, 0.05) is 6.07 Å². The third-order valence-electron chi connectivity index (χ3n) is 3.03. The molecule has 0 unspecified atom stereocenters. The predicted molar refractivity (Wildman–Crippen MR) is 79.1 cm³/mol. The third kappa shape index (κ3) is 3.62. The molecule has 1 heterocycles. The first-order valence-corrected chi connectivity index (χ1v) is 6.76. The molecule has 3 aromatic rings. The molecule has 0 aliphatic rings. The zero-order valence-corrected chi connectivity index (χ0v) is 12.2. The summed E-state index contributed by atoms with van der Waals surface area (Å²) >= 11 is 0. The quantitative estimate of drug-likeness (QED) is 0.547. The monoisotopic (exact) mass is 353 g/mol. The number of rotatable bonds is 4. The molecular weight excluding hydrogens is 345 g/mol. The summed E-state index contributed by atoms with van der Waals surface area (Å²) < 4.78 is 66.3. The summed E-state index contributed by atoms with van der Waals surface area (Å²) in [6.45, 7) is 0. The van der Waals surface area contributed by atoms with Gasteiger partial charge in [-0.3, -0.25) is 0 Å². The van der Waals surface area contributed by atoms with Gasteiger partial charge in [0.1, 0.15) is 11.6 Å². The zero-order chi connectivity index (χ0) is 18.0. The second-order valence-corrected chi connectivity index (χ2v) is 4.76. The number of nitrogens with zero attached hydrogens (tertiary/aromatic N) is 3. The summed E-state index contributed by atoms with van der Waals surface area (Å²) in [7, 11) is 0. The van der Waals surface area contributed by atoms with E-state index in [-0.39, 0.29) is 23.1 Å². The lowest BCUT2D eigenvalue weighted by molar-refractivity contribution is 0.449. The normalized spacial score (nSPS) is 10.6. The lowest BCUT2D eigenvalue weighted by Crippen LogP contribution is -2.05. The van der Waals surface area contributed by atoms with Crippen LogP contribution in [-0.2, 0) is 0 Å². The van der Waals surface area contributed by atoms with Crippen molar-refractivity contribution >= 4 is 23.1 Å². The van der Waals surface area contributed by atoms with Crippen LogP contribution in [0.2, 0.25) is 0 Å². The fourth-order valence-electron chi connectivity index (χ4n) is 1.89. The van der Waals surface area contributed by atoms with Gasteiger partial charge >= 0.3 is 0 Å². The molecule has 0 fully saturated rings. The number of hydrogen-bond donors (Lipinski definition) is 2. The van der Waals surface area contributed by atoms with Gasteiger partial charge in [0.05, 0.1) is 17.6 Å². The summed E-state index contributed by atoms with van der Waals surface area (Å²) in [5.74, 6) is -6.29. The lowest BCUT2D eigenvalue weighted by atomic mass is 10.3. The van der Waals surface area contributed by atoms with Crippen molar-refractivity contribution in [2.75, 3.05) is 10.6 Å². The maximum atomic E-state index is 13.6. The van der Waals surface area contributed by atoms with Crippen molar-refractivity contribution < 1.29 is 22.0 Å². The SMILES string of the molecule is Fc1ccc(Nc2nncc(Nc3ccc(F)c(F)c3F)n2)c(F)c1. The van der Waals surface area contributed by atoms with Crippen molar-refractivity contribution in [3.8, 4) is 0 Å². The van der Waals surface area contributed by atoms with Crippen LogP contribution in [0.1, 0.15) is 0 Å². The van der Waals surface area contributed by atoms with Crippen molar-refractivity contribution in [1.29, 1.82) is 0 Å². The average molecular weight is 353 g/mol. The molecule has 3 rings (SSSR count). The van der Waals surface area contributed by atoms with E-state index < -0.39 is 29.1 Å². The number of anilines is 4. The zero-order valence-electron chi connectivity index (χ0n) is 12.2. The van der Waals surface area contributed by atoms with Crippen LogP contribution < -0.4 is 10.6 Å². The van der Waals surface area contributed by atoms with E-state index >= 15 is 0 Å². The number of hydrogen-bond acceptors (Lipinski definition) is 5. The molecular formula is C15H8F5N5. The maximum absolute atomic E-state index is 13.6. The largest absolute Gasteiger partial charge is 0.336 e. The molecule has 25 heavy (non-hydrogen) atoms. The van der Waals surface area contributed by atoms with E-state index in [0.717, 1.165) is 30.5 Å². The first kappa shape index (κ1) is 16.6. The molecule has 0 radical (unpaired) electrons. The van der Waals surface area contributed by atoms with E-state index in [1.807, 2.05) is 0 Å². The Kier molecular flexibility index (Phi) is 4.42. The fourth-order valence-corrected chi connectivity index (χ4v) is 1.89. The van der Waals surface area contributed by atoms with Gasteiger partial charge in [-0.1, -0.05) is 0 Å². The molecule has 0 aliphatic carbocycles. The van der Waals surface area contributed by atoms with Crippen LogP contribution in [0.15, 0.2) is 36.5 Å². The molecule has 1 aromatic heterocycles. The van der Waals surface area contributed by atoms with E-state index in [1.54, 1.807) is 0 Å². The minimum atomic E-state index is -1.64. The molecule has 0 amide bonds. The van der Waals surface area contributed by atoms with Crippen molar-refractivity contribution in [1.82, 2.24) is 15.2 Å². The Hall–Kier alpha value is -3.30. The number of aromatic nitrogens is 3. The Morgan fingerprint density at radius 3 is 2.28 bits per heavy atom. The van der Waals surface area contributed by atoms with E-state index in [2.05, 4.69) is 25.8 Å². The fraction of sp³-hybridized carbons (Fsp3) is 0. The molecule has 0 spiro atoms. The van der Waals surface area contributed by atoms with Crippen molar-refractivity contribution in [3.05, 3.63) is 65.6 Å². The molecule has 2 N–H and O–H groups in total. The van der Waals surface area contributed by atoms with E-state index in [4.69, 9.17) is 0 Å². The van der Waals surface area contributed by atoms with E-state index in [0.29, 0.717) is 6.07 Å². The van der Waals surface area contributed by atoms with Gasteiger partial charge in [0.25, 0.3) is 0 Å². The average Bonchev–Trinajstić information content (AvgIpc) is 2.58. The predicted octanol–water partition coefficient (Wildman–Crippen LogP) is 4.05. The molecule has 2 aromatic carbocycles. The minimum absolute atomic E-state index is 0.0649. The second-order valence-electron chi connectivity index (χ2n) is 4.76. The smallest absolute Gasteiger partial charge is 0.249 e. The first-order valence-electron chi connectivity index (χ1n) is 6.76. The summed E-state index contributed by atoms with van der Waals surface area (Å²) in [6.07, 6.45) is 1.09. The molecule has 0 bridgehead atoms. The third-order valence-corrected chi connectivity index (χ3v) is 3.03. The summed E-state index contributed by atoms with van der Waals surface area (Å²) in [5.41, 5.74) is -0.488. The lowest BCUT2D eigenvalue weighted by Gasteiger charge is -2.09. The molecule has 5 nitrogen and oxygen atoms in total. The van der Waals surface area contributed by atoms with Crippen molar-refractivity contribution in [2.24, 2.45) is 0 Å². The van der Waals surface area contributed by atoms with Crippen LogP contribution in [0.5, 0.6) is 0 Å². The topological polar surface area (TPSA) is 62.7 Å². The summed E-state index contributed by atoms with van der Waals surface area (Å²) in [4.78, 5) is 3.88. The Balaban J connectivity index is 1.83. The van der Waals surface area contributed by atoms with E-state index in [1.165, 1.54) is 0 Å². The second kappa shape index (κ2) is 6.67. The van der Waals surface area contributed by atoms with Gasteiger partial charge in [-0.05, 0) is 24.3 Å². The van der Waals surface area contributed by atoms with Crippen molar-refractivity contribution in [2.45, 2.75) is 0 Å². The minimum Gasteiger partial charge on any atom is -0.336 e. The molecule has 0 saturated heterocycles. The van der Waals surface area contributed by atoms with Gasteiger partial charge in [-0.2, -0.15) is 10.1 Å². The van der Waals surface area contributed by atoms with Gasteiger partial charge in [-0.15, -0.1) is 5.10 Å². The summed E-state index contributed by atoms with van der Waals surface area (Å²) in [5, 5.41) is 12.0. The van der Waals surface area contributed by atoms with E-state index in [9.17, 15) is 22.0 Å². The molecule has 10 heteroatoms. The Morgan fingerprint density at radius 1 is 0.760 bits per heavy atom. The Bertz CT molecular complexity index is 934. The maximum Gasteiger partial charge on any atom is 0.249 e. The standard InChI is InChI=1S/C15H8F5N5/c16-7-1-3-10(9(18)5-7)23-15-24-12(6-21-25-15)22-11-4-2-8(17)13(19)14(11)20/h1-6H,(H2,22,23,24,25). The number of halogens is 5. The Morgan fingerprint density at radius 2 is 1.52 bits per heavy atom. The first-order chi connectivity index (χ1) is 11.9. The molecule has 0 aliphatic heterocycles. The Labute approximate surface area is 137 Å². The molecule has 0 saturated carbocycles. The highest BCUT2D eigenvalue weighted by Crippen LogP contribution is 2.23. The van der Waals surface area contributed by atoms with Crippen molar-refractivity contribution in [3.63, 3.8) is 0 Å². The van der Waals surface area contributed by atoms with Crippen LogP contribution in [0.3, 0.4) is 0 Å². The highest BCUT2D eigenvalue weighted by atomic mass is 19.2. The van der Waals surface area contributed by atoms with Gasteiger partial charge < -0.3 is 10.6 Å². The highest BCUT2D eigenvalue weighted by molar-refractivity contribution is 5.59. The van der Waals surface area contributed by atoms with Gasteiger partial charge in [0.2, 0.25) is 5.95 Å².